The topological polar surface area (TPSA) is 35.5 Å². The molecule has 1 heterocycles. The zero-order chi connectivity index (χ0) is 22.2. The van der Waals surface area contributed by atoms with E-state index >= 15 is 0 Å². The zero-order valence-corrected chi connectivity index (χ0v) is 17.4. The van der Waals surface area contributed by atoms with E-state index < -0.39 is 49.7 Å². The van der Waals surface area contributed by atoms with Crippen molar-refractivity contribution in [2.24, 2.45) is 0 Å². The van der Waals surface area contributed by atoms with Gasteiger partial charge in [-0.05, 0) is 0 Å². The molecule has 160 valence electrons. The van der Waals surface area contributed by atoms with Crippen LogP contribution in [0.5, 0.6) is 0 Å². The predicted molar refractivity (Wildman–Crippen MR) is 103 cm³/mol. The van der Waals surface area contributed by atoms with Gasteiger partial charge in [-0.25, -0.2) is 0 Å². The van der Waals surface area contributed by atoms with Gasteiger partial charge >= 0.3 is 175 Å². The van der Waals surface area contributed by atoms with Gasteiger partial charge in [0.1, 0.15) is 0 Å². The Kier molecular flexibility index (Phi) is 6.06. The molecule has 0 fully saturated rings. The van der Waals surface area contributed by atoms with Crippen molar-refractivity contribution in [3.05, 3.63) is 68.8 Å². The number of benzene rings is 2. The van der Waals surface area contributed by atoms with Crippen molar-refractivity contribution in [3.63, 3.8) is 0 Å². The van der Waals surface area contributed by atoms with Crippen molar-refractivity contribution >= 4 is 26.2 Å². The summed E-state index contributed by atoms with van der Waals surface area (Å²) in [4.78, 5) is 11.6. The number of hydrogen-bond acceptors (Lipinski definition) is 3. The SMILES string of the molecule is CCOC(=O)c1ccc(C#CI2OC(C(F)(F)F)(C(F)(F)F)c3ccccc32)cc1. The second-order valence-corrected chi connectivity index (χ2v) is 9.56. The van der Waals surface area contributed by atoms with Gasteiger partial charge in [-0.1, -0.05) is 0 Å². The molecular weight excluding hydrogens is 529 g/mol. The third-order valence-electron chi connectivity index (χ3n) is 4.10. The second kappa shape index (κ2) is 8.11. The van der Waals surface area contributed by atoms with Gasteiger partial charge in [-0.15, -0.1) is 0 Å². The maximum absolute atomic E-state index is 13.6. The average Bonchev–Trinajstić information content (AvgIpc) is 3.03. The van der Waals surface area contributed by atoms with Crippen LogP contribution in [0.15, 0.2) is 48.5 Å². The molecule has 0 aromatic heterocycles. The summed E-state index contributed by atoms with van der Waals surface area (Å²) in [6.45, 7) is 1.83. The number of halogens is 7. The Balaban J connectivity index is 1.97. The molecule has 3 rings (SSSR count). The molecule has 0 atom stereocenters. The molecule has 0 unspecified atom stereocenters. The third-order valence-corrected chi connectivity index (χ3v) is 7.96. The first-order chi connectivity index (χ1) is 14.0. The summed E-state index contributed by atoms with van der Waals surface area (Å²) in [5.74, 6) is 2.02. The van der Waals surface area contributed by atoms with Crippen LogP contribution in [0.1, 0.15) is 28.4 Å². The second-order valence-electron chi connectivity index (χ2n) is 6.00. The van der Waals surface area contributed by atoms with Gasteiger partial charge in [0, 0.05) is 0 Å². The molecule has 30 heavy (non-hydrogen) atoms. The molecule has 3 nitrogen and oxygen atoms in total. The molecule has 0 saturated carbocycles. The van der Waals surface area contributed by atoms with Gasteiger partial charge in [-0.3, -0.25) is 0 Å². The summed E-state index contributed by atoms with van der Waals surface area (Å²) in [7, 11) is 0. The summed E-state index contributed by atoms with van der Waals surface area (Å²) in [6.07, 6.45) is -11.4. The van der Waals surface area contributed by atoms with Crippen molar-refractivity contribution < 1.29 is 38.9 Å². The summed E-state index contributed by atoms with van der Waals surface area (Å²) in [5.41, 5.74) is -4.78. The fraction of sp³-hybridized carbons (Fsp3) is 0.250. The fourth-order valence-corrected chi connectivity index (χ4v) is 6.93. The van der Waals surface area contributed by atoms with Gasteiger partial charge in [0.25, 0.3) is 0 Å². The molecule has 0 amide bonds. The first-order valence-corrected chi connectivity index (χ1v) is 11.5. The Morgan fingerprint density at radius 2 is 1.63 bits per heavy atom. The number of fused-ring (bicyclic) bond motifs is 1. The van der Waals surface area contributed by atoms with E-state index in [0.29, 0.717) is 5.56 Å². The molecule has 2 aromatic carbocycles. The van der Waals surface area contributed by atoms with Crippen molar-refractivity contribution in [1.82, 2.24) is 0 Å². The van der Waals surface area contributed by atoms with Crippen LogP contribution in [0, 0.1) is 13.4 Å². The number of rotatable bonds is 2. The number of carbonyl (C=O) groups excluding carboxylic acids is 1. The van der Waals surface area contributed by atoms with Crippen LogP contribution < -0.4 is 0 Å². The molecule has 10 heteroatoms. The number of ether oxygens (including phenoxy) is 1. The summed E-state index contributed by atoms with van der Waals surface area (Å²) in [6, 6.07) is 10.1. The standard InChI is InChI=1S/C20H13F6IO3/c1-2-29-17(28)14-9-7-13(8-10-14)11-12-27-16-6-4-3-5-15(16)18(30-27,19(21,22)23)20(24,25)26/h3-10H,2H2,1H3. The zero-order valence-electron chi connectivity index (χ0n) is 15.2. The van der Waals surface area contributed by atoms with Gasteiger partial charge in [0.2, 0.25) is 0 Å². The van der Waals surface area contributed by atoms with E-state index in [1.54, 1.807) is 6.92 Å². The fourth-order valence-electron chi connectivity index (χ4n) is 2.72. The normalized spacial score (nSPS) is 16.4. The molecule has 0 radical (unpaired) electrons. The van der Waals surface area contributed by atoms with Crippen LogP contribution >= 0.6 is 20.2 Å². The van der Waals surface area contributed by atoms with E-state index in [1.165, 1.54) is 36.4 Å². The summed E-state index contributed by atoms with van der Waals surface area (Å²) in [5, 5.41) is 0. The van der Waals surface area contributed by atoms with Crippen molar-refractivity contribution in [2.75, 3.05) is 6.61 Å². The van der Waals surface area contributed by atoms with Gasteiger partial charge in [-0.2, -0.15) is 0 Å². The molecular formula is C20H13F6IO3. The summed E-state index contributed by atoms with van der Waals surface area (Å²) < 4.78 is 93.5. The molecule has 0 N–H and O–H groups in total. The Hall–Kier alpha value is -2.26. The molecule has 2 aromatic rings. The Morgan fingerprint density at radius 1 is 1.03 bits per heavy atom. The number of alkyl halides is 6. The third kappa shape index (κ3) is 3.88. The maximum atomic E-state index is 13.6. The van der Waals surface area contributed by atoms with E-state index in [2.05, 4.69) is 9.85 Å². The Bertz CT molecular complexity index is 988. The van der Waals surface area contributed by atoms with Crippen molar-refractivity contribution in [1.29, 1.82) is 0 Å². The first kappa shape index (κ1) is 22.4. The average molecular weight is 542 g/mol. The van der Waals surface area contributed by atoms with E-state index in [-0.39, 0.29) is 15.7 Å². The Labute approximate surface area is 175 Å². The quantitative estimate of drug-likeness (QED) is 0.208. The van der Waals surface area contributed by atoms with Crippen LogP contribution in [0.4, 0.5) is 26.3 Å². The molecule has 0 saturated heterocycles. The van der Waals surface area contributed by atoms with Crippen LogP contribution in [0.3, 0.4) is 0 Å². The van der Waals surface area contributed by atoms with Crippen LogP contribution in [-0.2, 0) is 13.4 Å². The van der Waals surface area contributed by atoms with Crippen molar-refractivity contribution in [3.8, 4) is 9.85 Å². The molecule has 0 bridgehead atoms. The molecule has 1 aliphatic heterocycles. The molecule has 0 spiro atoms. The van der Waals surface area contributed by atoms with E-state index in [0.717, 1.165) is 12.1 Å². The number of esters is 1. The first-order valence-electron chi connectivity index (χ1n) is 8.42. The number of hydrogen-bond donors (Lipinski definition) is 0. The monoisotopic (exact) mass is 542 g/mol. The molecule has 1 aliphatic rings. The van der Waals surface area contributed by atoms with Gasteiger partial charge < -0.3 is 0 Å². The van der Waals surface area contributed by atoms with Crippen molar-refractivity contribution in [2.45, 2.75) is 24.9 Å². The van der Waals surface area contributed by atoms with Gasteiger partial charge in [0.15, 0.2) is 0 Å². The summed E-state index contributed by atoms with van der Waals surface area (Å²) >= 11 is -3.62. The molecule has 0 aliphatic carbocycles. The minimum atomic E-state index is -5.70. The van der Waals surface area contributed by atoms with E-state index in [1.807, 2.05) is 0 Å². The van der Waals surface area contributed by atoms with Gasteiger partial charge in [0.05, 0.1) is 0 Å². The van der Waals surface area contributed by atoms with E-state index in [9.17, 15) is 31.1 Å². The van der Waals surface area contributed by atoms with Crippen LogP contribution in [-0.4, -0.2) is 24.9 Å². The minimum absolute atomic E-state index is 0.146. The predicted octanol–water partition coefficient (Wildman–Crippen LogP) is 5.81. The van der Waals surface area contributed by atoms with E-state index in [4.69, 9.17) is 7.80 Å². The van der Waals surface area contributed by atoms with Crippen LogP contribution in [0.25, 0.3) is 0 Å². The van der Waals surface area contributed by atoms with Crippen LogP contribution in [0.2, 0.25) is 0 Å². The number of carbonyl (C=O) groups is 1. The Morgan fingerprint density at radius 3 is 2.20 bits per heavy atom.